The molecule has 0 atom stereocenters. The van der Waals surface area contributed by atoms with Gasteiger partial charge in [0.15, 0.2) is 0 Å². The number of hydrogen-bond acceptors (Lipinski definition) is 1. The first kappa shape index (κ1) is 27.2. The van der Waals surface area contributed by atoms with Gasteiger partial charge in [-0.2, -0.15) is 0 Å². The van der Waals surface area contributed by atoms with Gasteiger partial charge in [0.05, 0.1) is 0 Å². The minimum absolute atomic E-state index is 0.343. The Hall–Kier alpha value is -0.790. The molecule has 0 aromatic carbocycles. The number of allylic oxidation sites excluding steroid dienone is 2. The molecule has 166 valence electrons. The van der Waals surface area contributed by atoms with Gasteiger partial charge in [-0.15, -0.1) is 0 Å². The van der Waals surface area contributed by atoms with Crippen LogP contribution in [0.3, 0.4) is 0 Å². The molecule has 0 saturated carbocycles. The van der Waals surface area contributed by atoms with E-state index in [1.807, 2.05) is 0 Å². The summed E-state index contributed by atoms with van der Waals surface area (Å²) in [7, 11) is 0. The van der Waals surface area contributed by atoms with Gasteiger partial charge in [0.2, 0.25) is 0 Å². The fraction of sp³-hybridized carbons (Fsp3) is 0.885. The third kappa shape index (κ3) is 25.2. The molecule has 1 N–H and O–H groups in total. The summed E-state index contributed by atoms with van der Waals surface area (Å²) in [6.07, 6.45) is 33.0. The van der Waals surface area contributed by atoms with Crippen LogP contribution in [0.25, 0.3) is 0 Å². The van der Waals surface area contributed by atoms with Crippen LogP contribution in [0.4, 0.5) is 0 Å². The molecule has 0 aliphatic carbocycles. The Morgan fingerprint density at radius 2 is 0.857 bits per heavy atom. The maximum Gasteiger partial charge on any atom is 0.303 e. The quantitative estimate of drug-likeness (QED) is 0.138. The summed E-state index contributed by atoms with van der Waals surface area (Å²) in [5.41, 5.74) is 0. The second-order valence-electron chi connectivity index (χ2n) is 8.56. The van der Waals surface area contributed by atoms with Crippen LogP contribution in [0, 0.1) is 0 Å². The Balaban J connectivity index is 3.05. The molecule has 0 bridgehead atoms. The highest BCUT2D eigenvalue weighted by Crippen LogP contribution is 2.14. The predicted molar refractivity (Wildman–Crippen MR) is 124 cm³/mol. The summed E-state index contributed by atoms with van der Waals surface area (Å²) in [5, 5.41) is 8.58. The van der Waals surface area contributed by atoms with E-state index >= 15 is 0 Å². The van der Waals surface area contributed by atoms with E-state index in [0.717, 1.165) is 12.8 Å². The van der Waals surface area contributed by atoms with Crippen LogP contribution in [0.15, 0.2) is 12.2 Å². The third-order valence-corrected chi connectivity index (χ3v) is 5.65. The van der Waals surface area contributed by atoms with E-state index in [1.165, 1.54) is 122 Å². The van der Waals surface area contributed by atoms with Gasteiger partial charge in [-0.05, 0) is 32.1 Å². The molecule has 0 spiro atoms. The zero-order valence-electron chi connectivity index (χ0n) is 19.1. The van der Waals surface area contributed by atoms with Crippen molar-refractivity contribution < 1.29 is 9.90 Å². The van der Waals surface area contributed by atoms with Gasteiger partial charge in [0.25, 0.3) is 0 Å². The lowest BCUT2D eigenvalue weighted by atomic mass is 10.0. The number of hydrogen-bond donors (Lipinski definition) is 1. The Morgan fingerprint density at radius 1 is 0.536 bits per heavy atom. The first-order valence-corrected chi connectivity index (χ1v) is 12.6. The molecule has 0 fully saturated rings. The van der Waals surface area contributed by atoms with Crippen molar-refractivity contribution in [3.63, 3.8) is 0 Å². The predicted octanol–water partition coefficient (Wildman–Crippen LogP) is 9.23. The van der Waals surface area contributed by atoms with E-state index in [2.05, 4.69) is 19.1 Å². The molecular weight excluding hydrogens is 344 g/mol. The molecule has 0 heterocycles. The van der Waals surface area contributed by atoms with Crippen molar-refractivity contribution >= 4 is 5.97 Å². The minimum Gasteiger partial charge on any atom is -0.481 e. The molecule has 28 heavy (non-hydrogen) atoms. The molecule has 0 aromatic rings. The molecule has 0 radical (unpaired) electrons. The first-order chi connectivity index (χ1) is 13.8. The molecular formula is C26H50O2. The number of unbranched alkanes of at least 4 members (excludes halogenated alkanes) is 19. The average Bonchev–Trinajstić information content (AvgIpc) is 2.68. The Bertz CT molecular complexity index is 335. The summed E-state index contributed by atoms with van der Waals surface area (Å²) in [5.74, 6) is -0.652. The van der Waals surface area contributed by atoms with E-state index in [0.29, 0.717) is 6.42 Å². The van der Waals surface area contributed by atoms with Gasteiger partial charge in [-0.1, -0.05) is 122 Å². The Labute approximate surface area is 176 Å². The van der Waals surface area contributed by atoms with E-state index in [-0.39, 0.29) is 0 Å². The highest BCUT2D eigenvalue weighted by molar-refractivity contribution is 5.66. The normalized spacial score (nSPS) is 11.5. The third-order valence-electron chi connectivity index (χ3n) is 5.65. The number of rotatable bonds is 23. The van der Waals surface area contributed by atoms with E-state index in [4.69, 9.17) is 5.11 Å². The molecule has 2 heteroatoms. The monoisotopic (exact) mass is 394 g/mol. The molecule has 2 nitrogen and oxygen atoms in total. The molecule has 0 rings (SSSR count). The van der Waals surface area contributed by atoms with Crippen LogP contribution in [-0.2, 0) is 4.79 Å². The topological polar surface area (TPSA) is 37.3 Å². The highest BCUT2D eigenvalue weighted by atomic mass is 16.4. The van der Waals surface area contributed by atoms with Crippen LogP contribution >= 0.6 is 0 Å². The van der Waals surface area contributed by atoms with Crippen molar-refractivity contribution in [3.05, 3.63) is 12.2 Å². The van der Waals surface area contributed by atoms with Gasteiger partial charge in [0, 0.05) is 6.42 Å². The summed E-state index contributed by atoms with van der Waals surface area (Å²) < 4.78 is 0. The van der Waals surface area contributed by atoms with Crippen LogP contribution < -0.4 is 0 Å². The minimum atomic E-state index is -0.652. The van der Waals surface area contributed by atoms with Crippen molar-refractivity contribution in [1.29, 1.82) is 0 Å². The zero-order chi connectivity index (χ0) is 20.5. The molecule has 0 saturated heterocycles. The van der Waals surface area contributed by atoms with Gasteiger partial charge in [-0.3, -0.25) is 4.79 Å². The van der Waals surface area contributed by atoms with Crippen LogP contribution in [0.5, 0.6) is 0 Å². The van der Waals surface area contributed by atoms with E-state index in [9.17, 15) is 4.79 Å². The molecule has 0 amide bonds. The van der Waals surface area contributed by atoms with Crippen LogP contribution in [0.2, 0.25) is 0 Å². The summed E-state index contributed by atoms with van der Waals surface area (Å²) >= 11 is 0. The molecule has 0 aliphatic rings. The number of aliphatic carboxylic acids is 1. The number of carboxylic acids is 1. The molecule has 0 aliphatic heterocycles. The lowest BCUT2D eigenvalue weighted by Gasteiger charge is -2.03. The maximum atomic E-state index is 10.4. The average molecular weight is 395 g/mol. The number of carbonyl (C=O) groups is 1. The van der Waals surface area contributed by atoms with Crippen molar-refractivity contribution in [2.24, 2.45) is 0 Å². The van der Waals surface area contributed by atoms with Gasteiger partial charge in [0.1, 0.15) is 0 Å². The molecule has 0 aromatic heterocycles. The molecule has 0 unspecified atom stereocenters. The van der Waals surface area contributed by atoms with Crippen molar-refractivity contribution in [3.8, 4) is 0 Å². The van der Waals surface area contributed by atoms with Gasteiger partial charge < -0.3 is 5.11 Å². The Morgan fingerprint density at radius 3 is 1.21 bits per heavy atom. The smallest absolute Gasteiger partial charge is 0.303 e. The summed E-state index contributed by atoms with van der Waals surface area (Å²) in [6.45, 7) is 2.27. The van der Waals surface area contributed by atoms with E-state index in [1.54, 1.807) is 0 Å². The Kier molecular flexibility index (Phi) is 23.6. The largest absolute Gasteiger partial charge is 0.481 e. The number of carboxylic acid groups (broad SMARTS) is 1. The standard InChI is InChI=1S/C26H50O2/c1-2-3-4-5-6-7-8-9-10-11-12-13-14-15-16-17-18-19-20-21-22-23-24-25-26(27)28/h7-8H,2-6,9-25H2,1H3,(H,27,28). The van der Waals surface area contributed by atoms with Crippen LogP contribution in [-0.4, -0.2) is 11.1 Å². The van der Waals surface area contributed by atoms with Gasteiger partial charge >= 0.3 is 5.97 Å². The summed E-state index contributed by atoms with van der Waals surface area (Å²) in [4.78, 5) is 10.4. The fourth-order valence-electron chi connectivity index (χ4n) is 3.76. The van der Waals surface area contributed by atoms with Crippen LogP contribution in [0.1, 0.15) is 148 Å². The van der Waals surface area contributed by atoms with E-state index < -0.39 is 5.97 Å². The lowest BCUT2D eigenvalue weighted by Crippen LogP contribution is -1.93. The van der Waals surface area contributed by atoms with Crippen molar-refractivity contribution in [2.75, 3.05) is 0 Å². The van der Waals surface area contributed by atoms with Crippen molar-refractivity contribution in [2.45, 2.75) is 148 Å². The van der Waals surface area contributed by atoms with Crippen molar-refractivity contribution in [1.82, 2.24) is 0 Å². The second-order valence-corrected chi connectivity index (χ2v) is 8.56. The highest BCUT2D eigenvalue weighted by Gasteiger charge is 1.97. The summed E-state index contributed by atoms with van der Waals surface area (Å²) in [6, 6.07) is 0. The van der Waals surface area contributed by atoms with Gasteiger partial charge in [-0.25, -0.2) is 0 Å². The first-order valence-electron chi connectivity index (χ1n) is 12.6. The maximum absolute atomic E-state index is 10.4. The SMILES string of the molecule is CCCCCCC=CCCCCCCCCCCCCCCCCCC(=O)O. The second kappa shape index (κ2) is 24.2. The fourth-order valence-corrected chi connectivity index (χ4v) is 3.76. The zero-order valence-corrected chi connectivity index (χ0v) is 19.1. The lowest BCUT2D eigenvalue weighted by molar-refractivity contribution is -0.137.